The Kier molecular flexibility index (Phi) is 5.48. The summed E-state index contributed by atoms with van der Waals surface area (Å²) in [5.41, 5.74) is 5.87. The molecule has 31 heavy (non-hydrogen) atoms. The van der Waals surface area contributed by atoms with E-state index in [4.69, 9.17) is 4.42 Å². The van der Waals surface area contributed by atoms with Crippen molar-refractivity contribution in [3.05, 3.63) is 106 Å². The van der Waals surface area contributed by atoms with E-state index >= 15 is 0 Å². The normalized spacial score (nSPS) is 11.7. The summed E-state index contributed by atoms with van der Waals surface area (Å²) in [7, 11) is 0. The Balaban J connectivity index is 1.54. The second-order valence-electron chi connectivity index (χ2n) is 7.87. The molecule has 0 unspecified atom stereocenters. The molecule has 0 amide bonds. The summed E-state index contributed by atoms with van der Waals surface area (Å²) in [5, 5.41) is 3.52. The van der Waals surface area contributed by atoms with Crippen molar-refractivity contribution < 1.29 is 4.42 Å². The van der Waals surface area contributed by atoms with Crippen LogP contribution in [0.1, 0.15) is 30.0 Å². The highest BCUT2D eigenvalue weighted by atomic mass is 79.9. The second-order valence-corrected chi connectivity index (χ2v) is 8.78. The third-order valence-electron chi connectivity index (χ3n) is 5.66. The molecule has 4 aromatic carbocycles. The number of hydrogen-bond donors (Lipinski definition) is 0. The van der Waals surface area contributed by atoms with Gasteiger partial charge in [0, 0.05) is 20.8 Å². The predicted molar refractivity (Wildman–Crippen MR) is 136 cm³/mol. The lowest BCUT2D eigenvalue weighted by Gasteiger charge is -2.08. The molecule has 0 fully saturated rings. The fourth-order valence-electron chi connectivity index (χ4n) is 4.10. The van der Waals surface area contributed by atoms with E-state index in [1.165, 1.54) is 27.6 Å². The number of aryl methyl sites for hydroxylation is 1. The van der Waals surface area contributed by atoms with Gasteiger partial charge in [-0.05, 0) is 46.7 Å². The molecule has 0 aliphatic heterocycles. The van der Waals surface area contributed by atoms with Crippen LogP contribution in [0.25, 0.3) is 45.2 Å². The molecule has 0 saturated carbocycles. The molecule has 5 aromatic rings. The van der Waals surface area contributed by atoms with Gasteiger partial charge in [-0.25, -0.2) is 0 Å². The lowest BCUT2D eigenvalue weighted by Crippen LogP contribution is -1.90. The van der Waals surface area contributed by atoms with Crippen LogP contribution in [-0.4, -0.2) is 0 Å². The van der Waals surface area contributed by atoms with Gasteiger partial charge in [-0.15, -0.1) is 0 Å². The number of hydrogen-bond acceptors (Lipinski definition) is 1. The van der Waals surface area contributed by atoms with Crippen LogP contribution in [-0.2, 0) is 6.42 Å². The summed E-state index contributed by atoms with van der Waals surface area (Å²) in [5.74, 6) is 0.943. The van der Waals surface area contributed by atoms with Crippen LogP contribution in [0.5, 0.6) is 0 Å². The van der Waals surface area contributed by atoms with Crippen molar-refractivity contribution in [3.8, 4) is 11.3 Å². The van der Waals surface area contributed by atoms with Crippen molar-refractivity contribution in [3.63, 3.8) is 0 Å². The lowest BCUT2D eigenvalue weighted by atomic mass is 9.98. The van der Waals surface area contributed by atoms with Crippen LogP contribution in [0.2, 0.25) is 0 Å². The van der Waals surface area contributed by atoms with E-state index in [-0.39, 0.29) is 0 Å². The van der Waals surface area contributed by atoms with Crippen molar-refractivity contribution >= 4 is 49.8 Å². The molecule has 1 heterocycles. The standard InChI is InChI=1S/C29H23BrO/c1-2-5-23-18-21(9-8-20-10-15-25(30)16-11-20)12-17-26(23)28-19-24-14-13-22-6-3-4-7-27(22)29(24)31-28/h3-4,6-19H,2,5H2,1H3/b9-8+. The number of rotatable bonds is 5. The molecule has 0 atom stereocenters. The maximum absolute atomic E-state index is 6.41. The Bertz CT molecular complexity index is 1390. The Labute approximate surface area is 191 Å². The zero-order chi connectivity index (χ0) is 21.2. The molecule has 5 rings (SSSR count). The highest BCUT2D eigenvalue weighted by molar-refractivity contribution is 9.10. The van der Waals surface area contributed by atoms with Gasteiger partial charge in [0.15, 0.2) is 0 Å². The van der Waals surface area contributed by atoms with Gasteiger partial charge in [0.2, 0.25) is 0 Å². The number of furan rings is 1. The summed E-state index contributed by atoms with van der Waals surface area (Å²) in [6, 6.07) is 29.9. The first-order chi connectivity index (χ1) is 15.2. The molecule has 0 saturated heterocycles. The molecule has 0 aliphatic rings. The minimum Gasteiger partial charge on any atom is -0.455 e. The van der Waals surface area contributed by atoms with Gasteiger partial charge >= 0.3 is 0 Å². The van der Waals surface area contributed by atoms with E-state index in [0.29, 0.717) is 0 Å². The van der Waals surface area contributed by atoms with Gasteiger partial charge in [0.25, 0.3) is 0 Å². The molecule has 0 radical (unpaired) electrons. The molecule has 0 spiro atoms. The maximum Gasteiger partial charge on any atom is 0.142 e. The van der Waals surface area contributed by atoms with Crippen LogP contribution in [0.3, 0.4) is 0 Å². The maximum atomic E-state index is 6.41. The summed E-state index contributed by atoms with van der Waals surface area (Å²) in [6.07, 6.45) is 6.45. The average Bonchev–Trinajstić information content (AvgIpc) is 3.24. The summed E-state index contributed by atoms with van der Waals surface area (Å²) in [6.45, 7) is 2.22. The largest absolute Gasteiger partial charge is 0.455 e. The van der Waals surface area contributed by atoms with Crippen LogP contribution >= 0.6 is 15.9 Å². The molecular formula is C29H23BrO. The van der Waals surface area contributed by atoms with Gasteiger partial charge in [-0.2, -0.15) is 0 Å². The summed E-state index contributed by atoms with van der Waals surface area (Å²) >= 11 is 3.49. The van der Waals surface area contributed by atoms with Crippen molar-refractivity contribution in [2.24, 2.45) is 0 Å². The molecule has 152 valence electrons. The van der Waals surface area contributed by atoms with Crippen molar-refractivity contribution in [2.75, 3.05) is 0 Å². The monoisotopic (exact) mass is 466 g/mol. The van der Waals surface area contributed by atoms with Gasteiger partial charge in [-0.3, -0.25) is 0 Å². The van der Waals surface area contributed by atoms with E-state index < -0.39 is 0 Å². The molecule has 1 nitrogen and oxygen atoms in total. The Morgan fingerprint density at radius 3 is 2.35 bits per heavy atom. The molecule has 0 bridgehead atoms. The topological polar surface area (TPSA) is 13.1 Å². The molecule has 1 aromatic heterocycles. The van der Waals surface area contributed by atoms with E-state index in [2.05, 4.69) is 120 Å². The van der Waals surface area contributed by atoms with Crippen molar-refractivity contribution in [1.82, 2.24) is 0 Å². The first kappa shape index (κ1) is 19.8. The van der Waals surface area contributed by atoms with Crippen molar-refractivity contribution in [2.45, 2.75) is 19.8 Å². The Morgan fingerprint density at radius 1 is 0.774 bits per heavy atom. The first-order valence-electron chi connectivity index (χ1n) is 10.7. The fraction of sp³-hybridized carbons (Fsp3) is 0.103. The smallest absolute Gasteiger partial charge is 0.142 e. The SMILES string of the molecule is CCCc1cc(/C=C/c2ccc(Br)cc2)ccc1-c1cc2ccc3ccccc3c2o1. The van der Waals surface area contributed by atoms with Gasteiger partial charge < -0.3 is 4.42 Å². The lowest BCUT2D eigenvalue weighted by molar-refractivity contribution is 0.633. The zero-order valence-corrected chi connectivity index (χ0v) is 19.0. The fourth-order valence-corrected chi connectivity index (χ4v) is 4.37. The van der Waals surface area contributed by atoms with Crippen LogP contribution in [0, 0.1) is 0 Å². The molecule has 0 aliphatic carbocycles. The molecular weight excluding hydrogens is 444 g/mol. The highest BCUT2D eigenvalue weighted by Gasteiger charge is 2.12. The first-order valence-corrected chi connectivity index (χ1v) is 11.5. The van der Waals surface area contributed by atoms with Gasteiger partial charge in [-0.1, -0.05) is 108 Å². The third kappa shape index (κ3) is 4.08. The van der Waals surface area contributed by atoms with Gasteiger partial charge in [0.05, 0.1) is 0 Å². The highest BCUT2D eigenvalue weighted by Crippen LogP contribution is 2.35. The second kappa shape index (κ2) is 8.56. The average molecular weight is 467 g/mol. The van der Waals surface area contributed by atoms with Crippen LogP contribution in [0.15, 0.2) is 93.8 Å². The number of fused-ring (bicyclic) bond motifs is 3. The van der Waals surface area contributed by atoms with Gasteiger partial charge in [0.1, 0.15) is 11.3 Å². The quantitative estimate of drug-likeness (QED) is 0.235. The van der Waals surface area contributed by atoms with E-state index in [1.54, 1.807) is 0 Å². The minimum absolute atomic E-state index is 0.943. The minimum atomic E-state index is 0.943. The van der Waals surface area contributed by atoms with Crippen LogP contribution in [0.4, 0.5) is 0 Å². The number of halogens is 1. The van der Waals surface area contributed by atoms with E-state index in [1.807, 2.05) is 0 Å². The predicted octanol–water partition coefficient (Wildman–Crippen LogP) is 9.14. The zero-order valence-electron chi connectivity index (χ0n) is 17.4. The number of benzene rings is 4. The summed E-state index contributed by atoms with van der Waals surface area (Å²) < 4.78 is 7.51. The Hall–Kier alpha value is -3.10. The van der Waals surface area contributed by atoms with Crippen molar-refractivity contribution in [1.29, 1.82) is 0 Å². The van der Waals surface area contributed by atoms with E-state index in [0.717, 1.165) is 39.4 Å². The van der Waals surface area contributed by atoms with E-state index in [9.17, 15) is 0 Å². The third-order valence-corrected chi connectivity index (χ3v) is 6.19. The summed E-state index contributed by atoms with van der Waals surface area (Å²) in [4.78, 5) is 0. The molecule has 2 heteroatoms. The molecule has 0 N–H and O–H groups in total. The Morgan fingerprint density at radius 2 is 1.52 bits per heavy atom. The van der Waals surface area contributed by atoms with Crippen LogP contribution < -0.4 is 0 Å².